The number of hydrogen-bond acceptors (Lipinski definition) is 5. The van der Waals surface area contributed by atoms with Crippen LogP contribution in [0.3, 0.4) is 0 Å². The van der Waals surface area contributed by atoms with E-state index in [1.807, 2.05) is 18.2 Å². The van der Waals surface area contributed by atoms with Crippen LogP contribution in [0.5, 0.6) is 0 Å². The molecule has 25 heavy (non-hydrogen) atoms. The Morgan fingerprint density at radius 1 is 1.24 bits per heavy atom. The normalized spacial score (nSPS) is 15.7. The van der Waals surface area contributed by atoms with E-state index in [0.717, 1.165) is 31.6 Å². The molecule has 2 heterocycles. The number of benzene rings is 1. The predicted molar refractivity (Wildman–Crippen MR) is 93.2 cm³/mol. The first-order valence-corrected chi connectivity index (χ1v) is 8.41. The van der Waals surface area contributed by atoms with Gasteiger partial charge in [0, 0.05) is 30.8 Å². The molecular formula is C18H22N4O3. The van der Waals surface area contributed by atoms with Gasteiger partial charge in [-0.25, -0.2) is 0 Å². The van der Waals surface area contributed by atoms with E-state index >= 15 is 0 Å². The van der Waals surface area contributed by atoms with Crippen LogP contribution < -0.4 is 10.6 Å². The maximum absolute atomic E-state index is 12.2. The molecule has 0 aliphatic carbocycles. The smallest absolute Gasteiger partial charge is 0.251 e. The molecule has 1 fully saturated rings. The molecule has 0 spiro atoms. The molecule has 0 radical (unpaired) electrons. The van der Waals surface area contributed by atoms with Gasteiger partial charge >= 0.3 is 0 Å². The van der Waals surface area contributed by atoms with Crippen molar-refractivity contribution in [3.63, 3.8) is 0 Å². The second-order valence-electron chi connectivity index (χ2n) is 6.27. The van der Waals surface area contributed by atoms with Gasteiger partial charge in [-0.2, -0.15) is 0 Å². The third kappa shape index (κ3) is 4.90. The van der Waals surface area contributed by atoms with E-state index in [9.17, 15) is 9.59 Å². The first-order valence-electron chi connectivity index (χ1n) is 8.41. The largest absolute Gasteiger partial charge is 0.349 e. The van der Waals surface area contributed by atoms with Crippen molar-refractivity contribution in [3.05, 3.63) is 47.7 Å². The summed E-state index contributed by atoms with van der Waals surface area (Å²) in [5, 5.41) is 9.49. The summed E-state index contributed by atoms with van der Waals surface area (Å²) in [5.74, 6) is 0.202. The quantitative estimate of drug-likeness (QED) is 0.865. The van der Waals surface area contributed by atoms with Gasteiger partial charge in [0.15, 0.2) is 0 Å². The average molecular weight is 342 g/mol. The van der Waals surface area contributed by atoms with Crippen LogP contribution in [0.4, 0.5) is 5.88 Å². The van der Waals surface area contributed by atoms with Crippen molar-refractivity contribution in [3.8, 4) is 0 Å². The Kier molecular flexibility index (Phi) is 5.45. The van der Waals surface area contributed by atoms with Crippen LogP contribution in [0.25, 0.3) is 0 Å². The molecule has 1 aliphatic rings. The minimum atomic E-state index is -0.122. The molecule has 7 heteroatoms. The summed E-state index contributed by atoms with van der Waals surface area (Å²) < 4.78 is 4.98. The van der Waals surface area contributed by atoms with Crippen LogP contribution in [0.2, 0.25) is 0 Å². The Bertz CT molecular complexity index is 721. The van der Waals surface area contributed by atoms with Gasteiger partial charge in [-0.1, -0.05) is 23.4 Å². The van der Waals surface area contributed by atoms with E-state index in [4.69, 9.17) is 4.52 Å². The van der Waals surface area contributed by atoms with Crippen LogP contribution in [0.15, 0.2) is 40.9 Å². The zero-order valence-electron chi connectivity index (χ0n) is 14.2. The molecule has 2 N–H and O–H groups in total. The first-order chi connectivity index (χ1) is 12.1. The number of anilines is 1. The molecule has 7 nitrogen and oxygen atoms in total. The highest BCUT2D eigenvalue weighted by Gasteiger charge is 2.22. The zero-order chi connectivity index (χ0) is 17.6. The number of carbonyl (C=O) groups excluding carboxylic acids is 2. The van der Waals surface area contributed by atoms with Crippen molar-refractivity contribution >= 4 is 17.7 Å². The lowest BCUT2D eigenvalue weighted by Gasteiger charge is -2.31. The summed E-state index contributed by atoms with van der Waals surface area (Å²) in [5.41, 5.74) is 1.40. The fourth-order valence-corrected chi connectivity index (χ4v) is 2.90. The molecule has 0 bridgehead atoms. The van der Waals surface area contributed by atoms with Gasteiger partial charge in [0.2, 0.25) is 11.8 Å². The van der Waals surface area contributed by atoms with Gasteiger partial charge in [0.25, 0.3) is 5.91 Å². The second-order valence-corrected chi connectivity index (χ2v) is 6.27. The lowest BCUT2D eigenvalue weighted by atomic mass is 10.0. The third-order valence-corrected chi connectivity index (χ3v) is 4.22. The maximum atomic E-state index is 12.2. The van der Waals surface area contributed by atoms with Gasteiger partial charge in [-0.3, -0.25) is 19.8 Å². The number of carbonyl (C=O) groups is 2. The van der Waals surface area contributed by atoms with Crippen LogP contribution >= 0.6 is 0 Å². The Labute approximate surface area is 146 Å². The maximum Gasteiger partial charge on any atom is 0.251 e. The molecule has 1 aliphatic heterocycles. The molecule has 2 amide bonds. The van der Waals surface area contributed by atoms with E-state index < -0.39 is 0 Å². The van der Waals surface area contributed by atoms with Gasteiger partial charge in [-0.15, -0.1) is 0 Å². The van der Waals surface area contributed by atoms with Gasteiger partial charge in [0.1, 0.15) is 0 Å². The summed E-state index contributed by atoms with van der Waals surface area (Å²) in [6.45, 7) is 3.64. The summed E-state index contributed by atoms with van der Waals surface area (Å²) in [7, 11) is 0. The number of amides is 2. The number of likely N-dealkylation sites (tertiary alicyclic amines) is 1. The number of aromatic nitrogens is 1. The van der Waals surface area contributed by atoms with Crippen molar-refractivity contribution < 1.29 is 14.1 Å². The number of nitrogens with one attached hydrogen (secondary N) is 2. The summed E-state index contributed by atoms with van der Waals surface area (Å²) >= 11 is 0. The van der Waals surface area contributed by atoms with Crippen LogP contribution in [0, 0.1) is 6.92 Å². The molecule has 0 saturated carbocycles. The highest BCUT2D eigenvalue weighted by Crippen LogP contribution is 2.12. The topological polar surface area (TPSA) is 87.5 Å². The molecule has 1 aromatic carbocycles. The van der Waals surface area contributed by atoms with Crippen molar-refractivity contribution in [1.29, 1.82) is 0 Å². The van der Waals surface area contributed by atoms with E-state index in [1.165, 1.54) is 0 Å². The van der Waals surface area contributed by atoms with Crippen molar-refractivity contribution in [2.75, 3.05) is 25.0 Å². The molecule has 1 saturated heterocycles. The number of aryl methyl sites for hydroxylation is 1. The molecule has 0 atom stereocenters. The van der Waals surface area contributed by atoms with E-state index in [-0.39, 0.29) is 17.9 Å². The lowest BCUT2D eigenvalue weighted by molar-refractivity contribution is -0.117. The van der Waals surface area contributed by atoms with Crippen LogP contribution in [-0.4, -0.2) is 47.5 Å². The van der Waals surface area contributed by atoms with Crippen molar-refractivity contribution in [1.82, 2.24) is 15.4 Å². The highest BCUT2D eigenvalue weighted by atomic mass is 16.5. The Morgan fingerprint density at radius 3 is 2.60 bits per heavy atom. The van der Waals surface area contributed by atoms with Crippen LogP contribution in [0.1, 0.15) is 28.9 Å². The predicted octanol–water partition coefficient (Wildman–Crippen LogP) is 1.82. The summed E-state index contributed by atoms with van der Waals surface area (Å²) in [6.07, 6.45) is 1.65. The van der Waals surface area contributed by atoms with Crippen molar-refractivity contribution in [2.24, 2.45) is 0 Å². The molecule has 3 rings (SSSR count). The third-order valence-electron chi connectivity index (χ3n) is 4.22. The second kappa shape index (κ2) is 7.94. The van der Waals surface area contributed by atoms with Gasteiger partial charge in [0.05, 0.1) is 12.2 Å². The van der Waals surface area contributed by atoms with E-state index in [2.05, 4.69) is 20.7 Å². The fourth-order valence-electron chi connectivity index (χ4n) is 2.90. The standard InChI is InChI=1S/C18H22N4O3/c1-13-11-17(25-21-13)20-16(23)12-22-9-7-15(8-10-22)19-18(24)14-5-3-2-4-6-14/h2-6,11,15H,7-10,12H2,1H3,(H,19,24)(H,20,23). The van der Waals surface area contributed by atoms with E-state index in [1.54, 1.807) is 25.1 Å². The number of hydrogen-bond donors (Lipinski definition) is 2. The number of rotatable bonds is 5. The Morgan fingerprint density at radius 2 is 1.96 bits per heavy atom. The molecule has 2 aromatic rings. The minimum Gasteiger partial charge on any atom is -0.349 e. The molecule has 0 unspecified atom stereocenters. The van der Waals surface area contributed by atoms with Gasteiger partial charge in [-0.05, 0) is 31.9 Å². The fraction of sp³-hybridized carbons (Fsp3) is 0.389. The van der Waals surface area contributed by atoms with Crippen molar-refractivity contribution in [2.45, 2.75) is 25.8 Å². The first kappa shape index (κ1) is 17.2. The number of nitrogens with zero attached hydrogens (tertiary/aromatic N) is 2. The lowest BCUT2D eigenvalue weighted by Crippen LogP contribution is -2.46. The van der Waals surface area contributed by atoms with Crippen LogP contribution in [-0.2, 0) is 4.79 Å². The Hall–Kier alpha value is -2.67. The number of piperidine rings is 1. The summed E-state index contributed by atoms with van der Waals surface area (Å²) in [4.78, 5) is 26.3. The molecule has 132 valence electrons. The SMILES string of the molecule is Cc1cc(NC(=O)CN2CCC(NC(=O)c3ccccc3)CC2)on1. The summed E-state index contributed by atoms with van der Waals surface area (Å²) in [6, 6.07) is 11.0. The van der Waals surface area contributed by atoms with E-state index in [0.29, 0.717) is 18.0 Å². The minimum absolute atomic E-state index is 0.0440. The monoisotopic (exact) mass is 342 g/mol. The highest BCUT2D eigenvalue weighted by molar-refractivity contribution is 5.94. The van der Waals surface area contributed by atoms with Gasteiger partial charge < -0.3 is 9.84 Å². The Balaban J connectivity index is 1.41. The zero-order valence-corrected chi connectivity index (χ0v) is 14.2. The average Bonchev–Trinajstić information content (AvgIpc) is 3.02. The molecular weight excluding hydrogens is 320 g/mol. The molecule has 1 aromatic heterocycles.